The maximum Gasteiger partial charge on any atom is 0.320 e. The number of aromatic nitrogens is 3. The standard InChI is InChI=1S/C57H74N14O11/c1-3-4-27-81-57-66-53(59)43-30-42(31-58)71(54(43)67-57)36-41-15-14-39(29-45(41)80-2)35-69-25-23-68(24-26-69)22-20-60-56(79)52(40-16-17-40)82-37-64-48(74)33-63-55(78)44(28-38-11-7-5-8-12-38)65-49(75)34-62-47(73)32-61-46(72)13-9-6-10-21-70-50(76)18-19-51(70)77/h5,7-8,11-12,14-15,18-19,29-30,40,44,52H,3-4,6,9-10,13,16-17,20-28,32-37H2,1-2H3,(H,60,79)(H,61,72)(H,62,73)(H,63,78)(H,64,74)(H,65,75)(H2,59,66,67)/t44-,52+/m0/s1. The zero-order chi connectivity index (χ0) is 58.4. The third kappa shape index (κ3) is 18.5. The molecular weight excluding hydrogens is 1060 g/mol. The summed E-state index contributed by atoms with van der Waals surface area (Å²) in [6, 6.07) is 18.0. The lowest BCUT2D eigenvalue weighted by molar-refractivity contribution is -0.137. The molecule has 8 amide bonds. The summed E-state index contributed by atoms with van der Waals surface area (Å²) in [6.45, 7) is 6.60. The topological polar surface area (TPSA) is 327 Å². The number of unbranched alkanes of at least 4 members (excludes halogenated alkanes) is 3. The molecule has 7 rings (SSSR count). The number of carbonyl (C=O) groups is 8. The van der Waals surface area contributed by atoms with Crippen molar-refractivity contribution in [2.45, 2.75) is 89.9 Å². The van der Waals surface area contributed by atoms with Gasteiger partial charge in [0.1, 0.15) is 42.2 Å². The van der Waals surface area contributed by atoms with Crippen LogP contribution in [0.15, 0.2) is 66.7 Å². The van der Waals surface area contributed by atoms with Gasteiger partial charge in [0.15, 0.2) is 5.65 Å². The highest BCUT2D eigenvalue weighted by molar-refractivity contribution is 6.12. The molecule has 1 saturated carbocycles. The van der Waals surface area contributed by atoms with E-state index >= 15 is 0 Å². The van der Waals surface area contributed by atoms with Crippen LogP contribution in [-0.4, -0.2) is 175 Å². The highest BCUT2D eigenvalue weighted by Gasteiger charge is 2.37. The predicted molar refractivity (Wildman–Crippen MR) is 300 cm³/mol. The molecule has 4 heterocycles. The number of rotatable bonds is 33. The van der Waals surface area contributed by atoms with Crippen LogP contribution in [0.25, 0.3) is 11.0 Å². The lowest BCUT2D eigenvalue weighted by Crippen LogP contribution is -2.52. The van der Waals surface area contributed by atoms with Gasteiger partial charge in [0.2, 0.25) is 35.4 Å². The Hall–Kier alpha value is -8.47. The Morgan fingerprint density at radius 2 is 1.46 bits per heavy atom. The number of methoxy groups -OCH3 is 1. The second kappa shape index (κ2) is 30.9. The van der Waals surface area contributed by atoms with E-state index in [1.165, 1.54) is 12.2 Å². The number of benzene rings is 2. The van der Waals surface area contributed by atoms with E-state index in [4.69, 9.17) is 19.9 Å². The normalized spacial score (nSPS) is 15.1. The Labute approximate surface area is 476 Å². The van der Waals surface area contributed by atoms with Crippen LogP contribution in [-0.2, 0) is 62.6 Å². The van der Waals surface area contributed by atoms with Crippen LogP contribution < -0.4 is 47.1 Å². The van der Waals surface area contributed by atoms with Crippen LogP contribution in [0.3, 0.4) is 0 Å². The molecule has 2 fully saturated rings. The van der Waals surface area contributed by atoms with Gasteiger partial charge in [-0.25, -0.2) is 0 Å². The first-order valence-electron chi connectivity index (χ1n) is 27.9. The first-order chi connectivity index (χ1) is 39.7. The number of imide groups is 1. The largest absolute Gasteiger partial charge is 0.496 e. The van der Waals surface area contributed by atoms with Gasteiger partial charge < -0.3 is 56.4 Å². The Balaban J connectivity index is 0.775. The molecule has 25 heteroatoms. The summed E-state index contributed by atoms with van der Waals surface area (Å²) in [5.74, 6) is -2.92. The molecule has 2 aromatic carbocycles. The van der Waals surface area contributed by atoms with Gasteiger partial charge in [0, 0.05) is 82.9 Å². The fourth-order valence-corrected chi connectivity index (χ4v) is 9.39. The minimum Gasteiger partial charge on any atom is -0.496 e. The van der Waals surface area contributed by atoms with Crippen molar-refractivity contribution in [2.24, 2.45) is 5.92 Å². The molecule has 0 radical (unpaired) electrons. The minimum absolute atomic E-state index is 0.0220. The van der Waals surface area contributed by atoms with Crippen molar-refractivity contribution in [3.05, 3.63) is 89.1 Å². The van der Waals surface area contributed by atoms with Crippen molar-refractivity contribution < 1.29 is 52.6 Å². The number of nitrogen functional groups attached to an aromatic ring is 1. The quantitative estimate of drug-likeness (QED) is 0.0197. The number of ether oxygens (including phenoxy) is 3. The van der Waals surface area contributed by atoms with E-state index < -0.39 is 48.9 Å². The first-order valence-corrected chi connectivity index (χ1v) is 27.9. The van der Waals surface area contributed by atoms with E-state index in [9.17, 15) is 43.6 Å². The number of amides is 8. The Bertz CT molecular complexity index is 2950. The maximum absolute atomic E-state index is 13.4. The molecular formula is C57H74N14O11. The number of hydrogen-bond donors (Lipinski definition) is 7. The molecule has 0 bridgehead atoms. The van der Waals surface area contributed by atoms with E-state index in [1.807, 2.05) is 12.1 Å². The van der Waals surface area contributed by atoms with Crippen LogP contribution in [0.4, 0.5) is 5.82 Å². The van der Waals surface area contributed by atoms with Crippen molar-refractivity contribution in [1.29, 1.82) is 5.26 Å². The van der Waals surface area contributed by atoms with Gasteiger partial charge in [-0.2, -0.15) is 15.2 Å². The molecule has 2 atom stereocenters. The second-order valence-corrected chi connectivity index (χ2v) is 20.3. The monoisotopic (exact) mass is 1130 g/mol. The number of nitriles is 1. The van der Waals surface area contributed by atoms with Gasteiger partial charge in [-0.15, -0.1) is 0 Å². The fraction of sp³-hybridized carbons (Fsp3) is 0.491. The van der Waals surface area contributed by atoms with Gasteiger partial charge in [-0.05, 0) is 61.3 Å². The molecule has 438 valence electrons. The predicted octanol–water partition coefficient (Wildman–Crippen LogP) is 0.785. The zero-order valence-corrected chi connectivity index (χ0v) is 46.5. The Morgan fingerprint density at radius 3 is 2.18 bits per heavy atom. The highest BCUT2D eigenvalue weighted by atomic mass is 16.5. The van der Waals surface area contributed by atoms with E-state index in [-0.39, 0.29) is 74.0 Å². The van der Waals surface area contributed by atoms with Crippen molar-refractivity contribution >= 4 is 64.1 Å². The number of fused-ring (bicyclic) bond motifs is 1. The van der Waals surface area contributed by atoms with Crippen LogP contribution >= 0.6 is 0 Å². The average molecular weight is 1130 g/mol. The summed E-state index contributed by atoms with van der Waals surface area (Å²) in [6.07, 6.45) is 6.94. The molecule has 0 unspecified atom stereocenters. The number of piperazine rings is 1. The smallest absolute Gasteiger partial charge is 0.320 e. The van der Waals surface area contributed by atoms with Gasteiger partial charge in [0.05, 0.1) is 45.3 Å². The van der Waals surface area contributed by atoms with Crippen molar-refractivity contribution in [3.63, 3.8) is 0 Å². The van der Waals surface area contributed by atoms with Crippen LogP contribution in [0.1, 0.15) is 80.7 Å². The summed E-state index contributed by atoms with van der Waals surface area (Å²) in [5.41, 5.74) is 9.85. The summed E-state index contributed by atoms with van der Waals surface area (Å²) in [7, 11) is 1.63. The van der Waals surface area contributed by atoms with Crippen molar-refractivity contribution in [1.82, 2.24) is 61.1 Å². The number of nitrogens with zero attached hydrogens (tertiary/aromatic N) is 7. The molecule has 2 aliphatic heterocycles. The van der Waals surface area contributed by atoms with Crippen molar-refractivity contribution in [2.75, 3.05) is 91.6 Å². The lowest BCUT2D eigenvalue weighted by Gasteiger charge is -2.34. The molecule has 82 heavy (non-hydrogen) atoms. The van der Waals surface area contributed by atoms with Crippen LogP contribution in [0.2, 0.25) is 0 Å². The molecule has 4 aromatic rings. The zero-order valence-electron chi connectivity index (χ0n) is 46.5. The summed E-state index contributed by atoms with van der Waals surface area (Å²) in [5, 5.41) is 26.2. The van der Waals surface area contributed by atoms with E-state index in [0.29, 0.717) is 74.5 Å². The maximum atomic E-state index is 13.4. The Kier molecular flexibility index (Phi) is 23.1. The van der Waals surface area contributed by atoms with E-state index in [2.05, 4.69) is 70.7 Å². The molecule has 8 N–H and O–H groups in total. The fourth-order valence-electron chi connectivity index (χ4n) is 9.39. The minimum atomic E-state index is -1.11. The third-order valence-corrected chi connectivity index (χ3v) is 14.2. The van der Waals surface area contributed by atoms with Gasteiger partial charge >= 0.3 is 6.01 Å². The molecule has 1 saturated heterocycles. The molecule has 0 spiro atoms. The van der Waals surface area contributed by atoms with Crippen LogP contribution in [0.5, 0.6) is 11.8 Å². The average Bonchev–Trinajstić information content (AvgIpc) is 4.24. The number of anilines is 1. The molecule has 25 nitrogen and oxygen atoms in total. The van der Waals surface area contributed by atoms with E-state index in [0.717, 1.165) is 73.5 Å². The Morgan fingerprint density at radius 1 is 0.756 bits per heavy atom. The van der Waals surface area contributed by atoms with Crippen LogP contribution in [0, 0.1) is 17.2 Å². The van der Waals surface area contributed by atoms with Gasteiger partial charge in [-0.3, -0.25) is 53.1 Å². The number of nitrogens with one attached hydrogen (secondary N) is 6. The molecule has 3 aliphatic rings. The SMILES string of the molecule is CCCCOc1nc(N)c2cc(C#N)n(Cc3ccc(CN4CCN(CCNC(=O)[C@H](OCNC(=O)CNC(=O)[C@H](Cc5ccccc5)NC(=O)CNC(=O)CNC(=O)CCCCCN5C(=O)C=CC5=O)C5CC5)CC4)cc3OC)c2n1. The second-order valence-electron chi connectivity index (χ2n) is 20.3. The summed E-state index contributed by atoms with van der Waals surface area (Å²) < 4.78 is 19.3. The third-order valence-electron chi connectivity index (χ3n) is 14.2. The summed E-state index contributed by atoms with van der Waals surface area (Å²) in [4.78, 5) is 115. The first kappa shape index (κ1) is 61.2. The molecule has 1 aliphatic carbocycles. The molecule has 2 aromatic heterocycles. The number of hydrogen-bond acceptors (Lipinski definition) is 17. The van der Waals surface area contributed by atoms with Gasteiger partial charge in [-0.1, -0.05) is 62.2 Å². The highest BCUT2D eigenvalue weighted by Crippen LogP contribution is 2.34. The number of nitrogens with two attached hydrogens (primary N) is 1. The number of carbonyl (C=O) groups excluding carboxylic acids is 8. The summed E-state index contributed by atoms with van der Waals surface area (Å²) >= 11 is 0. The van der Waals surface area contributed by atoms with E-state index in [1.54, 1.807) is 48.1 Å². The lowest BCUT2D eigenvalue weighted by atomic mass is 10.1. The van der Waals surface area contributed by atoms with Crippen molar-refractivity contribution in [3.8, 4) is 17.8 Å². The van der Waals surface area contributed by atoms with Gasteiger partial charge in [0.25, 0.3) is 11.8 Å².